The zero-order valence-corrected chi connectivity index (χ0v) is 12.0. The second-order valence-corrected chi connectivity index (χ2v) is 5.26. The van der Waals surface area contributed by atoms with E-state index in [2.05, 4.69) is 15.6 Å². The van der Waals surface area contributed by atoms with Crippen LogP contribution in [0.2, 0.25) is 0 Å². The van der Waals surface area contributed by atoms with Crippen molar-refractivity contribution in [3.8, 4) is 0 Å². The van der Waals surface area contributed by atoms with Gasteiger partial charge in [0.15, 0.2) is 6.17 Å². The van der Waals surface area contributed by atoms with Gasteiger partial charge in [-0.05, 0) is 20.8 Å². The third-order valence-corrected chi connectivity index (χ3v) is 2.19. The monoisotopic (exact) mass is 299 g/mol. The van der Waals surface area contributed by atoms with Gasteiger partial charge in [0.1, 0.15) is 11.3 Å². The maximum atomic E-state index is 13.6. The molecule has 1 aromatic heterocycles. The fourth-order valence-electron chi connectivity index (χ4n) is 1.30. The minimum atomic E-state index is -2.00. The number of nitrogens with one attached hydrogen (secondary N) is 3. The summed E-state index contributed by atoms with van der Waals surface area (Å²) >= 11 is 0. The summed E-state index contributed by atoms with van der Waals surface area (Å²) in [6.07, 6.45) is -0.198. The van der Waals surface area contributed by atoms with Crippen LogP contribution >= 0.6 is 0 Å². The lowest BCUT2D eigenvalue weighted by molar-refractivity contribution is -0.120. The first-order chi connectivity index (χ1) is 9.69. The summed E-state index contributed by atoms with van der Waals surface area (Å²) in [7, 11) is 0. The van der Waals surface area contributed by atoms with E-state index in [1.54, 1.807) is 20.8 Å². The quantitative estimate of drug-likeness (QED) is 0.777. The van der Waals surface area contributed by atoms with Crippen molar-refractivity contribution in [2.45, 2.75) is 32.5 Å². The molecule has 1 rings (SSSR count). The number of aromatic amines is 1. The molecule has 0 saturated carbocycles. The Hall–Kier alpha value is -2.38. The number of carbonyl (C=O) groups excluding carboxylic acids is 2. The van der Waals surface area contributed by atoms with E-state index < -0.39 is 35.7 Å². The molecule has 0 spiro atoms. The van der Waals surface area contributed by atoms with Crippen molar-refractivity contribution in [2.24, 2.45) is 0 Å². The molecule has 3 N–H and O–H groups in total. The molecule has 1 unspecified atom stereocenters. The second kappa shape index (κ2) is 6.87. The minimum absolute atomic E-state index is 0.0672. The average Bonchev–Trinajstić information content (AvgIpc) is 2.36. The van der Waals surface area contributed by atoms with E-state index >= 15 is 0 Å². The number of alkyl carbamates (subject to hydrolysis) is 1. The van der Waals surface area contributed by atoms with Crippen LogP contribution in [0.15, 0.2) is 23.3 Å². The van der Waals surface area contributed by atoms with Crippen LogP contribution < -0.4 is 16.1 Å². The Morgan fingerprint density at radius 1 is 1.43 bits per heavy atom. The van der Waals surface area contributed by atoms with Gasteiger partial charge in [-0.2, -0.15) is 0 Å². The Kier molecular flexibility index (Phi) is 5.45. The van der Waals surface area contributed by atoms with Gasteiger partial charge in [-0.1, -0.05) is 0 Å². The standard InChI is InChI=1S/C13H18FN3O4/c1-13(2,3)21-12(20)16-6-8(14)11(19)17-9-7-15-5-4-10(9)18/h4-5,7-8H,6H2,1-3H3,(H,15,18)(H,16,20)(H,17,19). The number of alkyl halides is 1. The first-order valence-electron chi connectivity index (χ1n) is 6.28. The molecule has 0 aromatic carbocycles. The van der Waals surface area contributed by atoms with Gasteiger partial charge in [0.05, 0.1) is 6.54 Å². The molecule has 0 saturated heterocycles. The number of hydrogen-bond acceptors (Lipinski definition) is 4. The largest absolute Gasteiger partial charge is 0.444 e. The predicted octanol–water partition coefficient (Wildman–Crippen LogP) is 1.18. The number of pyridine rings is 1. The van der Waals surface area contributed by atoms with Gasteiger partial charge in [-0.25, -0.2) is 9.18 Å². The van der Waals surface area contributed by atoms with Crippen LogP contribution in [0, 0.1) is 0 Å². The fraction of sp³-hybridized carbons (Fsp3) is 0.462. The molecule has 2 amide bonds. The zero-order chi connectivity index (χ0) is 16.0. The van der Waals surface area contributed by atoms with Crippen LogP contribution in [-0.2, 0) is 9.53 Å². The third-order valence-electron chi connectivity index (χ3n) is 2.19. The molecule has 1 aromatic rings. The Morgan fingerprint density at radius 3 is 2.67 bits per heavy atom. The van der Waals surface area contributed by atoms with Crippen LogP contribution in [0.25, 0.3) is 0 Å². The molecule has 8 heteroatoms. The number of H-pyrrole nitrogens is 1. The first-order valence-corrected chi connectivity index (χ1v) is 6.28. The summed E-state index contributed by atoms with van der Waals surface area (Å²) in [5, 5.41) is 4.27. The van der Waals surface area contributed by atoms with Crippen LogP contribution in [0.5, 0.6) is 0 Å². The highest BCUT2D eigenvalue weighted by Gasteiger charge is 2.21. The van der Waals surface area contributed by atoms with Crippen LogP contribution in [-0.4, -0.2) is 35.3 Å². The smallest absolute Gasteiger partial charge is 0.407 e. The normalized spacial score (nSPS) is 12.4. The highest BCUT2D eigenvalue weighted by atomic mass is 19.1. The van der Waals surface area contributed by atoms with Crippen molar-refractivity contribution >= 4 is 17.7 Å². The highest BCUT2D eigenvalue weighted by molar-refractivity contribution is 5.94. The number of ether oxygens (including phenoxy) is 1. The number of amides is 2. The molecule has 0 radical (unpaired) electrons. The zero-order valence-electron chi connectivity index (χ0n) is 12.0. The van der Waals surface area contributed by atoms with Gasteiger partial charge in [-0.3, -0.25) is 9.59 Å². The molecule has 7 nitrogen and oxygen atoms in total. The van der Waals surface area contributed by atoms with E-state index in [1.807, 2.05) is 0 Å². The molecule has 1 atom stereocenters. The Morgan fingerprint density at radius 2 is 2.10 bits per heavy atom. The molecular formula is C13H18FN3O4. The summed E-state index contributed by atoms with van der Waals surface area (Å²) in [4.78, 5) is 36.8. The Balaban J connectivity index is 2.47. The van der Waals surface area contributed by atoms with Gasteiger partial charge in [0, 0.05) is 18.5 Å². The number of carbonyl (C=O) groups is 2. The lowest BCUT2D eigenvalue weighted by Gasteiger charge is -2.20. The van der Waals surface area contributed by atoms with Crippen molar-refractivity contribution in [2.75, 3.05) is 11.9 Å². The van der Waals surface area contributed by atoms with Crippen molar-refractivity contribution in [1.29, 1.82) is 0 Å². The van der Waals surface area contributed by atoms with E-state index in [0.29, 0.717) is 0 Å². The summed E-state index contributed by atoms with van der Waals surface area (Å²) < 4.78 is 18.5. The predicted molar refractivity (Wildman–Crippen MR) is 74.8 cm³/mol. The van der Waals surface area contributed by atoms with Crippen molar-refractivity contribution in [3.63, 3.8) is 0 Å². The Labute approximate surface area is 120 Å². The molecule has 0 aliphatic carbocycles. The first kappa shape index (κ1) is 16.7. The number of halogens is 1. The number of hydrogen-bond donors (Lipinski definition) is 3. The topological polar surface area (TPSA) is 100 Å². The van der Waals surface area contributed by atoms with E-state index in [-0.39, 0.29) is 5.69 Å². The number of rotatable bonds is 4. The van der Waals surface area contributed by atoms with Gasteiger partial charge < -0.3 is 20.4 Å². The van der Waals surface area contributed by atoms with Crippen molar-refractivity contribution < 1.29 is 18.7 Å². The van der Waals surface area contributed by atoms with Crippen LogP contribution in [0.4, 0.5) is 14.9 Å². The molecule has 0 aliphatic heterocycles. The van der Waals surface area contributed by atoms with E-state index in [9.17, 15) is 18.8 Å². The maximum Gasteiger partial charge on any atom is 0.407 e. The highest BCUT2D eigenvalue weighted by Crippen LogP contribution is 2.06. The average molecular weight is 299 g/mol. The lowest BCUT2D eigenvalue weighted by Crippen LogP contribution is -2.40. The Bertz CT molecular complexity index is 565. The SMILES string of the molecule is CC(C)(C)OC(=O)NCC(F)C(=O)Nc1c[nH]ccc1=O. The van der Waals surface area contributed by atoms with Gasteiger partial charge in [0.2, 0.25) is 5.43 Å². The lowest BCUT2D eigenvalue weighted by atomic mass is 10.2. The van der Waals surface area contributed by atoms with E-state index in [1.165, 1.54) is 18.5 Å². The van der Waals surface area contributed by atoms with Crippen LogP contribution in [0.3, 0.4) is 0 Å². The van der Waals surface area contributed by atoms with E-state index in [4.69, 9.17) is 4.74 Å². The van der Waals surface area contributed by atoms with E-state index in [0.717, 1.165) is 0 Å². The summed E-state index contributed by atoms with van der Waals surface area (Å²) in [6.45, 7) is 4.43. The number of aromatic nitrogens is 1. The van der Waals surface area contributed by atoms with Crippen molar-refractivity contribution in [3.05, 3.63) is 28.7 Å². The minimum Gasteiger partial charge on any atom is -0.444 e. The molecule has 1 heterocycles. The van der Waals surface area contributed by atoms with Gasteiger partial charge >= 0.3 is 6.09 Å². The molecule has 0 fully saturated rings. The van der Waals surface area contributed by atoms with Gasteiger partial charge in [-0.15, -0.1) is 0 Å². The maximum absolute atomic E-state index is 13.6. The fourth-order valence-corrected chi connectivity index (χ4v) is 1.30. The van der Waals surface area contributed by atoms with Crippen LogP contribution in [0.1, 0.15) is 20.8 Å². The number of anilines is 1. The second-order valence-electron chi connectivity index (χ2n) is 5.26. The van der Waals surface area contributed by atoms with Crippen molar-refractivity contribution in [1.82, 2.24) is 10.3 Å². The molecule has 0 aliphatic rings. The molecule has 116 valence electrons. The molecule has 21 heavy (non-hydrogen) atoms. The summed E-state index contributed by atoms with van der Waals surface area (Å²) in [5.41, 5.74) is -1.23. The third kappa shape index (κ3) is 6.07. The van der Waals surface area contributed by atoms with Gasteiger partial charge in [0.25, 0.3) is 5.91 Å². The molecule has 0 bridgehead atoms. The summed E-state index contributed by atoms with van der Waals surface area (Å²) in [5.74, 6) is -1.03. The molecular weight excluding hydrogens is 281 g/mol. The summed E-state index contributed by atoms with van der Waals surface area (Å²) in [6, 6.07) is 1.20.